The molecule has 110 valence electrons. The summed E-state index contributed by atoms with van der Waals surface area (Å²) in [6.07, 6.45) is 7.83. The number of rotatable bonds is 1. The number of benzene rings is 1. The quantitative estimate of drug-likeness (QED) is 0.749. The zero-order valence-electron chi connectivity index (χ0n) is 12.0. The van der Waals surface area contributed by atoms with Gasteiger partial charge in [0.1, 0.15) is 6.10 Å². The van der Waals surface area contributed by atoms with Crippen molar-refractivity contribution in [3.05, 3.63) is 60.6 Å². The summed E-state index contributed by atoms with van der Waals surface area (Å²) in [4.78, 5) is 8.49. The Labute approximate surface area is 127 Å². The molecule has 0 amide bonds. The Morgan fingerprint density at radius 3 is 2.91 bits per heavy atom. The maximum Gasteiger partial charge on any atom is 0.101 e. The first-order chi connectivity index (χ1) is 10.8. The number of hydrogen-bond acceptors (Lipinski definition) is 3. The van der Waals surface area contributed by atoms with Gasteiger partial charge >= 0.3 is 0 Å². The molecule has 2 aliphatic rings. The number of fused-ring (bicyclic) bond motifs is 4. The van der Waals surface area contributed by atoms with E-state index in [1.807, 2.05) is 12.5 Å². The molecule has 5 heteroatoms. The van der Waals surface area contributed by atoms with Crippen LogP contribution in [0.4, 0.5) is 0 Å². The van der Waals surface area contributed by atoms with Crippen LogP contribution in [0.1, 0.15) is 29.8 Å². The fourth-order valence-electron chi connectivity index (χ4n) is 4.07. The summed E-state index contributed by atoms with van der Waals surface area (Å²) < 4.78 is 4.27. The van der Waals surface area contributed by atoms with Crippen molar-refractivity contribution >= 4 is 0 Å². The van der Waals surface area contributed by atoms with Crippen LogP contribution < -0.4 is 0 Å². The van der Waals surface area contributed by atoms with Gasteiger partial charge in [-0.2, -0.15) is 0 Å². The predicted molar refractivity (Wildman–Crippen MR) is 81.1 cm³/mol. The van der Waals surface area contributed by atoms with E-state index in [2.05, 4.69) is 43.4 Å². The van der Waals surface area contributed by atoms with Gasteiger partial charge < -0.3 is 14.2 Å². The Morgan fingerprint density at radius 1 is 1.09 bits per heavy atom. The topological polar surface area (TPSA) is 55.9 Å². The molecule has 1 N–H and O–H groups in total. The molecule has 0 fully saturated rings. The molecular weight excluding hydrogens is 276 g/mol. The van der Waals surface area contributed by atoms with Crippen molar-refractivity contribution in [1.29, 1.82) is 0 Å². The number of aryl methyl sites for hydroxylation is 1. The second-order valence-electron chi connectivity index (χ2n) is 6.13. The van der Waals surface area contributed by atoms with Gasteiger partial charge in [0.2, 0.25) is 0 Å². The van der Waals surface area contributed by atoms with Crippen molar-refractivity contribution in [2.45, 2.75) is 25.1 Å². The van der Waals surface area contributed by atoms with Crippen LogP contribution in [0.3, 0.4) is 0 Å². The third-order valence-electron chi connectivity index (χ3n) is 5.08. The number of aromatic nitrogens is 4. The lowest BCUT2D eigenvalue weighted by Gasteiger charge is -2.34. The summed E-state index contributed by atoms with van der Waals surface area (Å²) in [6.45, 7) is 0.903. The number of aliphatic hydroxyl groups is 1. The first-order valence-corrected chi connectivity index (χ1v) is 7.64. The number of imidazole rings is 2. The standard InChI is InChI=1S/C17H16N4O/c22-17-13(5-6-20-9-18-8-15(17)20)16-12-4-2-1-3-11(12)14-7-19-10-21(14)16/h1-4,7-10,13,16-17,22H,5-6H2/t13-,16-,17-/m0/s1. The summed E-state index contributed by atoms with van der Waals surface area (Å²) >= 11 is 0. The highest BCUT2D eigenvalue weighted by Crippen LogP contribution is 2.48. The fourth-order valence-corrected chi connectivity index (χ4v) is 4.07. The number of nitrogens with zero attached hydrogens (tertiary/aromatic N) is 4. The van der Waals surface area contributed by atoms with E-state index < -0.39 is 6.10 Å². The molecule has 5 nitrogen and oxygen atoms in total. The Hall–Kier alpha value is -2.40. The van der Waals surface area contributed by atoms with Gasteiger partial charge in [0.05, 0.1) is 42.5 Å². The highest BCUT2D eigenvalue weighted by molar-refractivity contribution is 5.69. The minimum atomic E-state index is -0.498. The lowest BCUT2D eigenvalue weighted by Crippen LogP contribution is -2.30. The molecule has 0 saturated carbocycles. The second-order valence-corrected chi connectivity index (χ2v) is 6.13. The molecule has 3 aromatic rings. The van der Waals surface area contributed by atoms with Crippen LogP contribution in [0.15, 0.2) is 49.3 Å². The Bertz CT molecular complexity index is 850. The van der Waals surface area contributed by atoms with Crippen LogP contribution in [-0.2, 0) is 6.54 Å². The lowest BCUT2D eigenvalue weighted by molar-refractivity contribution is 0.0556. The average molecular weight is 292 g/mol. The van der Waals surface area contributed by atoms with Gasteiger partial charge in [0.25, 0.3) is 0 Å². The summed E-state index contributed by atoms with van der Waals surface area (Å²) in [6, 6.07) is 8.59. The largest absolute Gasteiger partial charge is 0.386 e. The minimum absolute atomic E-state index is 0.140. The molecule has 0 bridgehead atoms. The highest BCUT2D eigenvalue weighted by atomic mass is 16.3. The smallest absolute Gasteiger partial charge is 0.101 e. The normalized spacial score (nSPS) is 25.6. The summed E-state index contributed by atoms with van der Waals surface area (Å²) in [7, 11) is 0. The second kappa shape index (κ2) is 4.30. The van der Waals surface area contributed by atoms with Crippen molar-refractivity contribution in [3.8, 4) is 11.3 Å². The lowest BCUT2D eigenvalue weighted by atomic mass is 9.83. The molecule has 3 atom stereocenters. The van der Waals surface area contributed by atoms with E-state index in [9.17, 15) is 5.11 Å². The van der Waals surface area contributed by atoms with Crippen LogP contribution in [-0.4, -0.2) is 24.2 Å². The van der Waals surface area contributed by atoms with Gasteiger partial charge in [0.15, 0.2) is 0 Å². The molecule has 0 spiro atoms. The first kappa shape index (κ1) is 12.2. The van der Waals surface area contributed by atoms with Gasteiger partial charge in [-0.1, -0.05) is 24.3 Å². The van der Waals surface area contributed by atoms with Gasteiger partial charge in [-0.25, -0.2) is 9.97 Å². The molecule has 2 aliphatic heterocycles. The van der Waals surface area contributed by atoms with Crippen LogP contribution in [0.5, 0.6) is 0 Å². The zero-order chi connectivity index (χ0) is 14.7. The van der Waals surface area contributed by atoms with Crippen molar-refractivity contribution in [2.75, 3.05) is 0 Å². The van der Waals surface area contributed by atoms with Crippen molar-refractivity contribution < 1.29 is 5.11 Å². The molecule has 0 radical (unpaired) electrons. The molecular formula is C17H16N4O. The molecule has 0 saturated heterocycles. The summed E-state index contributed by atoms with van der Waals surface area (Å²) in [5.74, 6) is 0.140. The van der Waals surface area contributed by atoms with Gasteiger partial charge in [-0.05, 0) is 12.0 Å². The molecule has 0 aliphatic carbocycles. The molecule has 5 rings (SSSR count). The van der Waals surface area contributed by atoms with E-state index in [1.165, 1.54) is 11.1 Å². The Morgan fingerprint density at radius 2 is 1.95 bits per heavy atom. The number of hydrogen-bond donors (Lipinski definition) is 1. The SMILES string of the molecule is O[C@@H]1c2cncn2CC[C@H]1[C@@H]1c2ccccc2-c2cncn21. The average Bonchev–Trinajstić information content (AvgIpc) is 3.23. The van der Waals surface area contributed by atoms with Crippen molar-refractivity contribution in [3.63, 3.8) is 0 Å². The Balaban J connectivity index is 1.65. The summed E-state index contributed by atoms with van der Waals surface area (Å²) in [5, 5.41) is 10.9. The zero-order valence-corrected chi connectivity index (χ0v) is 12.0. The van der Waals surface area contributed by atoms with Gasteiger partial charge in [-0.15, -0.1) is 0 Å². The molecule has 22 heavy (non-hydrogen) atoms. The van der Waals surface area contributed by atoms with E-state index in [-0.39, 0.29) is 12.0 Å². The van der Waals surface area contributed by atoms with E-state index in [1.54, 1.807) is 12.5 Å². The first-order valence-electron chi connectivity index (χ1n) is 7.64. The van der Waals surface area contributed by atoms with Crippen molar-refractivity contribution in [1.82, 2.24) is 19.1 Å². The maximum absolute atomic E-state index is 10.9. The minimum Gasteiger partial charge on any atom is -0.386 e. The van der Waals surface area contributed by atoms with Gasteiger partial charge in [-0.3, -0.25) is 0 Å². The van der Waals surface area contributed by atoms with E-state index in [4.69, 9.17) is 0 Å². The summed E-state index contributed by atoms with van der Waals surface area (Å²) in [5.41, 5.74) is 4.59. The van der Waals surface area contributed by atoms with Crippen LogP contribution in [0, 0.1) is 5.92 Å². The van der Waals surface area contributed by atoms with Gasteiger partial charge in [0, 0.05) is 18.0 Å². The van der Waals surface area contributed by atoms with Crippen LogP contribution >= 0.6 is 0 Å². The van der Waals surface area contributed by atoms with Crippen molar-refractivity contribution in [2.24, 2.45) is 5.92 Å². The van der Waals surface area contributed by atoms with Crippen LogP contribution in [0.25, 0.3) is 11.3 Å². The molecule has 4 heterocycles. The Kier molecular flexibility index (Phi) is 2.38. The van der Waals surface area contributed by atoms with E-state index in [0.29, 0.717) is 0 Å². The third-order valence-corrected chi connectivity index (χ3v) is 5.08. The van der Waals surface area contributed by atoms with Crippen LogP contribution in [0.2, 0.25) is 0 Å². The highest BCUT2D eigenvalue weighted by Gasteiger charge is 2.40. The molecule has 2 aromatic heterocycles. The fraction of sp³-hybridized carbons (Fsp3) is 0.294. The number of aliphatic hydroxyl groups excluding tert-OH is 1. The maximum atomic E-state index is 10.9. The molecule has 1 aromatic carbocycles. The predicted octanol–water partition coefficient (Wildman–Crippen LogP) is 2.40. The van der Waals surface area contributed by atoms with E-state index in [0.717, 1.165) is 24.4 Å². The monoisotopic (exact) mass is 292 g/mol. The van der Waals surface area contributed by atoms with E-state index >= 15 is 0 Å². The third kappa shape index (κ3) is 1.46. The molecule has 0 unspecified atom stereocenters.